The molecule has 0 spiro atoms. The lowest BCUT2D eigenvalue weighted by Gasteiger charge is -2.13. The average molecular weight is 1280 g/mol. The van der Waals surface area contributed by atoms with Crippen LogP contribution in [-0.2, 0) is 0 Å². The number of hydrogen-bond donors (Lipinski definition) is 1. The molecule has 0 atom stereocenters. The molecule has 0 saturated heterocycles. The van der Waals surface area contributed by atoms with Gasteiger partial charge in [0.05, 0.1) is 55.9 Å². The summed E-state index contributed by atoms with van der Waals surface area (Å²) in [6.07, 6.45) is 0. The highest BCUT2D eigenvalue weighted by atomic mass is 79.9. The van der Waals surface area contributed by atoms with Gasteiger partial charge < -0.3 is 9.55 Å². The van der Waals surface area contributed by atoms with Gasteiger partial charge in [-0.05, 0) is 142 Å². The van der Waals surface area contributed by atoms with Gasteiger partial charge in [-0.25, -0.2) is 19.9 Å². The minimum atomic E-state index is 0.878. The molecular weight excluding hydrogens is 1220 g/mol. The molecule has 7 heteroatoms. The molecule has 14 aromatic carbocycles. The Balaban J connectivity index is 0.000000124. The monoisotopic (exact) mass is 1280 g/mol. The third kappa shape index (κ3) is 11.8. The number of fused-ring (bicyclic) bond motifs is 8. The molecule has 18 aromatic rings. The molecule has 18 rings (SSSR count). The van der Waals surface area contributed by atoms with E-state index in [1.807, 2.05) is 97.1 Å². The van der Waals surface area contributed by atoms with Gasteiger partial charge in [-0.2, -0.15) is 0 Å². The van der Waals surface area contributed by atoms with Gasteiger partial charge >= 0.3 is 0 Å². The number of nitrogens with one attached hydrogen (secondary N) is 1. The second kappa shape index (κ2) is 25.8. The van der Waals surface area contributed by atoms with Crippen LogP contribution in [0.4, 0.5) is 0 Å². The lowest BCUT2D eigenvalue weighted by Crippen LogP contribution is -1.97. The van der Waals surface area contributed by atoms with Gasteiger partial charge in [-0.1, -0.05) is 271 Å². The quantitative estimate of drug-likeness (QED) is 0.156. The zero-order valence-electron chi connectivity index (χ0n) is 51.6. The van der Waals surface area contributed by atoms with Gasteiger partial charge in [-0.3, -0.25) is 0 Å². The minimum absolute atomic E-state index is 0.878. The van der Waals surface area contributed by atoms with Crippen LogP contribution in [0.15, 0.2) is 356 Å². The normalized spacial score (nSPS) is 11.2. The first-order chi connectivity index (χ1) is 47.0. The summed E-state index contributed by atoms with van der Waals surface area (Å²) < 4.78 is 3.43. The molecule has 448 valence electrons. The van der Waals surface area contributed by atoms with E-state index in [4.69, 9.17) is 19.9 Å². The lowest BCUT2D eigenvalue weighted by molar-refractivity contribution is 1.18. The van der Waals surface area contributed by atoms with Gasteiger partial charge in [0, 0.05) is 65.0 Å². The van der Waals surface area contributed by atoms with Crippen molar-refractivity contribution < 1.29 is 0 Å². The minimum Gasteiger partial charge on any atom is -0.355 e. The fourth-order valence-electron chi connectivity index (χ4n) is 12.8. The van der Waals surface area contributed by atoms with E-state index in [1.165, 1.54) is 88.1 Å². The molecule has 4 aromatic heterocycles. The number of aromatic amines is 1. The predicted molar refractivity (Wildman–Crippen MR) is 400 cm³/mol. The van der Waals surface area contributed by atoms with Crippen LogP contribution in [0.1, 0.15) is 0 Å². The van der Waals surface area contributed by atoms with Crippen molar-refractivity contribution in [2.24, 2.45) is 0 Å². The summed E-state index contributed by atoms with van der Waals surface area (Å²) in [5.74, 6) is 0. The molecule has 4 heterocycles. The Morgan fingerprint density at radius 2 is 0.474 bits per heavy atom. The Kier molecular flexibility index (Phi) is 15.8. The number of rotatable bonds is 9. The standard InChI is InChI=1S/C44H29N3.C24H17N.C20H13BrN2/c1-4-12-30(13-5-1)34-22-26-41-37(28-34)38-29-35(31-14-6-2-7-15-31)23-27-42(38)47(41)36-24-20-33(21-25-36)44-43(32-16-8-3-9-17-32)45-39-18-10-11-19-40(39)46-44;1-3-7-17(8-4-1)19-11-13-23-21(15-19)22-16-20(12-14-24(22)25-23)18-9-5-2-6-10-18;21-16-12-10-15(11-13-16)20-19(14-6-2-1-3-7-14)22-17-8-4-5-9-18(17)23-20/h1-29H;1-16,25H;1-13H. The van der Waals surface area contributed by atoms with E-state index in [1.54, 1.807) is 0 Å². The number of para-hydroxylation sites is 4. The topological polar surface area (TPSA) is 72.3 Å². The van der Waals surface area contributed by atoms with Crippen LogP contribution >= 0.6 is 15.9 Å². The Hall–Kier alpha value is -12.2. The Morgan fingerprint density at radius 3 is 0.800 bits per heavy atom. The van der Waals surface area contributed by atoms with Crippen molar-refractivity contribution in [2.45, 2.75) is 0 Å². The molecule has 0 bridgehead atoms. The summed E-state index contributed by atoms with van der Waals surface area (Å²) in [5, 5.41) is 5.01. The molecule has 0 aliphatic heterocycles. The van der Waals surface area contributed by atoms with Crippen molar-refractivity contribution in [2.75, 3.05) is 0 Å². The Labute approximate surface area is 559 Å². The number of hydrogen-bond acceptors (Lipinski definition) is 4. The van der Waals surface area contributed by atoms with Crippen molar-refractivity contribution in [1.29, 1.82) is 0 Å². The summed E-state index contributed by atoms with van der Waals surface area (Å²) in [6, 6.07) is 123. The molecule has 0 aliphatic rings. The van der Waals surface area contributed by atoms with Crippen molar-refractivity contribution in [3.05, 3.63) is 356 Å². The average Bonchev–Trinajstić information content (AvgIpc) is 1.65. The highest BCUT2D eigenvalue weighted by Gasteiger charge is 2.19. The lowest BCUT2D eigenvalue weighted by atomic mass is 10.0. The van der Waals surface area contributed by atoms with Crippen molar-refractivity contribution in [3.63, 3.8) is 0 Å². The molecule has 0 amide bonds. The van der Waals surface area contributed by atoms with Gasteiger partial charge in [0.25, 0.3) is 0 Å². The van der Waals surface area contributed by atoms with E-state index in [0.717, 1.165) is 77.3 Å². The van der Waals surface area contributed by atoms with Crippen molar-refractivity contribution in [3.8, 4) is 95.2 Å². The first kappa shape index (κ1) is 58.0. The van der Waals surface area contributed by atoms with E-state index in [0.29, 0.717) is 0 Å². The van der Waals surface area contributed by atoms with E-state index in [9.17, 15) is 0 Å². The number of halogens is 1. The second-order valence-corrected chi connectivity index (χ2v) is 24.4. The maximum absolute atomic E-state index is 5.12. The smallest absolute Gasteiger partial charge is 0.0973 e. The number of benzene rings is 14. The Morgan fingerprint density at radius 1 is 0.221 bits per heavy atom. The summed E-state index contributed by atoms with van der Waals surface area (Å²) in [4.78, 5) is 23.5. The maximum atomic E-state index is 5.12. The van der Waals surface area contributed by atoms with Crippen molar-refractivity contribution >= 4 is 81.6 Å². The maximum Gasteiger partial charge on any atom is 0.0973 e. The fraction of sp³-hybridized carbons (Fsp3) is 0. The van der Waals surface area contributed by atoms with Crippen LogP contribution < -0.4 is 0 Å². The summed E-state index contributed by atoms with van der Waals surface area (Å²) in [7, 11) is 0. The zero-order valence-corrected chi connectivity index (χ0v) is 53.2. The molecule has 0 aliphatic carbocycles. The molecule has 0 radical (unpaired) electrons. The highest BCUT2D eigenvalue weighted by Crippen LogP contribution is 2.40. The zero-order chi connectivity index (χ0) is 63.4. The van der Waals surface area contributed by atoms with Crippen LogP contribution in [-0.4, -0.2) is 29.5 Å². The molecular formula is C88H59BrN6. The summed E-state index contributed by atoms with van der Waals surface area (Å²) in [5.41, 5.74) is 27.0. The second-order valence-electron chi connectivity index (χ2n) is 23.5. The molecule has 0 fully saturated rings. The summed E-state index contributed by atoms with van der Waals surface area (Å²) >= 11 is 3.49. The number of H-pyrrole nitrogens is 1. The number of nitrogens with zero attached hydrogens (tertiary/aromatic N) is 5. The van der Waals surface area contributed by atoms with Gasteiger partial charge in [-0.15, -0.1) is 0 Å². The third-order valence-corrected chi connectivity index (χ3v) is 18.1. The van der Waals surface area contributed by atoms with Gasteiger partial charge in [0.15, 0.2) is 0 Å². The summed E-state index contributed by atoms with van der Waals surface area (Å²) in [6.45, 7) is 0. The van der Waals surface area contributed by atoms with Crippen LogP contribution in [0.2, 0.25) is 0 Å². The van der Waals surface area contributed by atoms with Gasteiger partial charge in [0.2, 0.25) is 0 Å². The molecule has 0 unspecified atom stereocenters. The third-order valence-electron chi connectivity index (χ3n) is 17.5. The SMILES string of the molecule is Brc1ccc(-c2nc3ccccc3nc2-c2ccccc2)cc1.c1ccc(-c2ccc3[nH]c4ccc(-c5ccccc5)cc4c3c2)cc1.c1ccc(-c2ccc3c(c2)c2cc(-c4ccccc4)ccc2n3-c2ccc(-c3nc4ccccc4nc3-c3ccccc3)cc2)cc1. The number of aromatic nitrogens is 6. The van der Waals surface area contributed by atoms with Crippen LogP contribution in [0, 0.1) is 0 Å². The first-order valence-electron chi connectivity index (χ1n) is 31.9. The fourth-order valence-corrected chi connectivity index (χ4v) is 13.1. The molecule has 95 heavy (non-hydrogen) atoms. The molecule has 1 N–H and O–H groups in total. The predicted octanol–water partition coefficient (Wildman–Crippen LogP) is 23.8. The molecule has 6 nitrogen and oxygen atoms in total. The van der Waals surface area contributed by atoms with Gasteiger partial charge in [0.1, 0.15) is 0 Å². The van der Waals surface area contributed by atoms with E-state index < -0.39 is 0 Å². The first-order valence-corrected chi connectivity index (χ1v) is 32.7. The largest absolute Gasteiger partial charge is 0.355 e. The molecule has 0 saturated carbocycles. The van der Waals surface area contributed by atoms with E-state index >= 15 is 0 Å². The Bertz CT molecular complexity index is 5550. The van der Waals surface area contributed by atoms with E-state index in [-0.39, 0.29) is 0 Å². The van der Waals surface area contributed by atoms with E-state index in [2.05, 4.69) is 280 Å². The van der Waals surface area contributed by atoms with Crippen LogP contribution in [0.25, 0.3) is 161 Å². The highest BCUT2D eigenvalue weighted by molar-refractivity contribution is 9.10. The van der Waals surface area contributed by atoms with Crippen molar-refractivity contribution in [1.82, 2.24) is 29.5 Å². The van der Waals surface area contributed by atoms with Crippen LogP contribution in [0.5, 0.6) is 0 Å². The van der Waals surface area contributed by atoms with Crippen LogP contribution in [0.3, 0.4) is 0 Å².